The Morgan fingerprint density at radius 3 is 2.68 bits per heavy atom. The van der Waals surface area contributed by atoms with Crippen molar-refractivity contribution in [3.63, 3.8) is 0 Å². The van der Waals surface area contributed by atoms with E-state index < -0.39 is 12.2 Å². The average molecular weight is 396 g/mol. The summed E-state index contributed by atoms with van der Waals surface area (Å²) < 4.78 is 41.6. The maximum atomic E-state index is 13.5. The summed E-state index contributed by atoms with van der Waals surface area (Å²) >= 11 is 0. The van der Waals surface area contributed by atoms with Gasteiger partial charge in [0, 0.05) is 37.3 Å². The van der Waals surface area contributed by atoms with E-state index in [2.05, 4.69) is 20.6 Å². The SMILES string of the molecule is CC[C@@H]1C[C@H](C(F)(F)F)n2nc(C3CCN(C(=O)c4ccn[nH]4)CC3)cc2N1. The summed E-state index contributed by atoms with van der Waals surface area (Å²) in [7, 11) is 0. The van der Waals surface area contributed by atoms with Gasteiger partial charge in [-0.25, -0.2) is 4.68 Å². The van der Waals surface area contributed by atoms with E-state index in [4.69, 9.17) is 0 Å². The largest absolute Gasteiger partial charge is 0.410 e. The van der Waals surface area contributed by atoms with Crippen LogP contribution in [0, 0.1) is 0 Å². The predicted octanol–water partition coefficient (Wildman–Crippen LogP) is 3.32. The summed E-state index contributed by atoms with van der Waals surface area (Å²) in [6.07, 6.45) is -0.836. The first-order valence-corrected chi connectivity index (χ1v) is 9.58. The van der Waals surface area contributed by atoms with Gasteiger partial charge in [0.05, 0.1) is 5.69 Å². The number of anilines is 1. The molecule has 152 valence electrons. The predicted molar refractivity (Wildman–Crippen MR) is 96.1 cm³/mol. The van der Waals surface area contributed by atoms with Gasteiger partial charge in [0.15, 0.2) is 6.04 Å². The molecule has 2 aliphatic rings. The molecular formula is C18H23F3N6O. The van der Waals surface area contributed by atoms with E-state index >= 15 is 0 Å². The molecular weight excluding hydrogens is 373 g/mol. The van der Waals surface area contributed by atoms with Gasteiger partial charge >= 0.3 is 6.18 Å². The lowest BCUT2D eigenvalue weighted by molar-refractivity contribution is -0.173. The summed E-state index contributed by atoms with van der Waals surface area (Å²) in [5, 5.41) is 14.0. The Kier molecular flexibility index (Phi) is 4.80. The number of fused-ring (bicyclic) bond motifs is 1. The second kappa shape index (κ2) is 7.14. The van der Waals surface area contributed by atoms with Crippen LogP contribution in [-0.2, 0) is 0 Å². The van der Waals surface area contributed by atoms with Gasteiger partial charge in [0.1, 0.15) is 11.5 Å². The summed E-state index contributed by atoms with van der Waals surface area (Å²) in [5.41, 5.74) is 1.11. The highest BCUT2D eigenvalue weighted by Crippen LogP contribution is 2.41. The number of H-pyrrole nitrogens is 1. The summed E-state index contributed by atoms with van der Waals surface area (Å²) in [5.74, 6) is 0.371. The van der Waals surface area contributed by atoms with Gasteiger partial charge in [-0.15, -0.1) is 0 Å². The number of nitrogens with one attached hydrogen (secondary N) is 2. The van der Waals surface area contributed by atoms with Crippen LogP contribution in [0.4, 0.5) is 19.0 Å². The molecule has 4 heterocycles. The average Bonchev–Trinajstić information content (AvgIpc) is 3.35. The van der Waals surface area contributed by atoms with Crippen molar-refractivity contribution in [3.8, 4) is 0 Å². The molecule has 10 heteroatoms. The Labute approximate surface area is 160 Å². The van der Waals surface area contributed by atoms with E-state index in [-0.39, 0.29) is 24.3 Å². The van der Waals surface area contributed by atoms with E-state index in [1.54, 1.807) is 17.0 Å². The first-order chi connectivity index (χ1) is 13.4. The van der Waals surface area contributed by atoms with Crippen LogP contribution in [-0.4, -0.2) is 56.1 Å². The molecule has 2 aliphatic heterocycles. The van der Waals surface area contributed by atoms with Gasteiger partial charge in [-0.05, 0) is 31.7 Å². The summed E-state index contributed by atoms with van der Waals surface area (Å²) in [6.45, 7) is 2.96. The second-order valence-electron chi connectivity index (χ2n) is 7.48. The van der Waals surface area contributed by atoms with Crippen molar-refractivity contribution in [3.05, 3.63) is 29.7 Å². The maximum Gasteiger partial charge on any atom is 0.410 e. The Bertz CT molecular complexity index is 823. The maximum absolute atomic E-state index is 13.5. The topological polar surface area (TPSA) is 78.8 Å². The van der Waals surface area contributed by atoms with Crippen molar-refractivity contribution >= 4 is 11.7 Å². The first-order valence-electron chi connectivity index (χ1n) is 9.58. The van der Waals surface area contributed by atoms with Gasteiger partial charge in [-0.2, -0.15) is 23.4 Å². The third-order valence-corrected chi connectivity index (χ3v) is 5.71. The van der Waals surface area contributed by atoms with Gasteiger partial charge < -0.3 is 10.2 Å². The summed E-state index contributed by atoms with van der Waals surface area (Å²) in [6, 6.07) is 1.57. The molecule has 1 amide bonds. The smallest absolute Gasteiger partial charge is 0.367 e. The monoisotopic (exact) mass is 396 g/mol. The molecule has 28 heavy (non-hydrogen) atoms. The molecule has 0 aromatic carbocycles. The van der Waals surface area contributed by atoms with E-state index in [1.807, 2.05) is 6.92 Å². The highest BCUT2D eigenvalue weighted by atomic mass is 19.4. The zero-order chi connectivity index (χ0) is 19.9. The quantitative estimate of drug-likeness (QED) is 0.834. The molecule has 0 unspecified atom stereocenters. The highest BCUT2D eigenvalue weighted by molar-refractivity contribution is 5.92. The lowest BCUT2D eigenvalue weighted by Crippen LogP contribution is -2.39. The van der Waals surface area contributed by atoms with Crippen LogP contribution in [0.15, 0.2) is 18.3 Å². The van der Waals surface area contributed by atoms with Crippen molar-refractivity contribution in [1.29, 1.82) is 0 Å². The normalized spacial score (nSPS) is 23.4. The van der Waals surface area contributed by atoms with Crippen molar-refractivity contribution in [2.24, 2.45) is 0 Å². The molecule has 0 radical (unpaired) electrons. The fourth-order valence-electron chi connectivity index (χ4n) is 4.06. The number of aromatic amines is 1. The number of amides is 1. The third kappa shape index (κ3) is 3.47. The van der Waals surface area contributed by atoms with Crippen LogP contribution in [0.1, 0.15) is 60.7 Å². The summed E-state index contributed by atoms with van der Waals surface area (Å²) in [4.78, 5) is 14.1. The number of carbonyl (C=O) groups excluding carboxylic acids is 1. The van der Waals surface area contributed by atoms with E-state index in [0.29, 0.717) is 49.6 Å². The van der Waals surface area contributed by atoms with Crippen LogP contribution in [0.5, 0.6) is 0 Å². The Hall–Kier alpha value is -2.52. The molecule has 1 fully saturated rings. The molecule has 2 aromatic heterocycles. The highest BCUT2D eigenvalue weighted by Gasteiger charge is 2.46. The number of hydrogen-bond acceptors (Lipinski definition) is 4. The Morgan fingerprint density at radius 1 is 1.32 bits per heavy atom. The van der Waals surface area contributed by atoms with Crippen molar-refractivity contribution in [1.82, 2.24) is 24.9 Å². The number of nitrogens with zero attached hydrogens (tertiary/aromatic N) is 4. The number of carbonyl (C=O) groups is 1. The first kappa shape index (κ1) is 18.8. The van der Waals surface area contributed by atoms with E-state index in [1.165, 1.54) is 6.20 Å². The molecule has 0 spiro atoms. The Morgan fingerprint density at radius 2 is 2.07 bits per heavy atom. The zero-order valence-corrected chi connectivity index (χ0v) is 15.5. The minimum Gasteiger partial charge on any atom is -0.367 e. The number of halogens is 3. The fraction of sp³-hybridized carbons (Fsp3) is 0.611. The zero-order valence-electron chi connectivity index (χ0n) is 15.5. The molecule has 0 bridgehead atoms. The van der Waals surface area contributed by atoms with Crippen LogP contribution in [0.3, 0.4) is 0 Å². The molecule has 1 saturated heterocycles. The molecule has 4 rings (SSSR count). The van der Waals surface area contributed by atoms with Crippen LogP contribution in [0.2, 0.25) is 0 Å². The number of piperidine rings is 1. The molecule has 2 N–H and O–H groups in total. The third-order valence-electron chi connectivity index (χ3n) is 5.71. The van der Waals surface area contributed by atoms with E-state index in [0.717, 1.165) is 4.68 Å². The molecule has 0 aliphatic carbocycles. The number of hydrogen-bond donors (Lipinski definition) is 2. The molecule has 2 aromatic rings. The van der Waals surface area contributed by atoms with Crippen LogP contribution in [0.25, 0.3) is 0 Å². The van der Waals surface area contributed by atoms with Crippen LogP contribution >= 0.6 is 0 Å². The van der Waals surface area contributed by atoms with Gasteiger partial charge in [-0.1, -0.05) is 6.92 Å². The van der Waals surface area contributed by atoms with Crippen molar-refractivity contribution < 1.29 is 18.0 Å². The fourth-order valence-corrected chi connectivity index (χ4v) is 4.06. The van der Waals surface area contributed by atoms with Crippen molar-refractivity contribution in [2.45, 2.75) is 56.8 Å². The molecule has 7 nitrogen and oxygen atoms in total. The Balaban J connectivity index is 1.48. The van der Waals surface area contributed by atoms with Gasteiger partial charge in [0.2, 0.25) is 0 Å². The second-order valence-corrected chi connectivity index (χ2v) is 7.48. The lowest BCUT2D eigenvalue weighted by atomic mass is 9.93. The minimum atomic E-state index is -4.33. The number of rotatable bonds is 3. The van der Waals surface area contributed by atoms with Crippen LogP contribution < -0.4 is 5.32 Å². The number of likely N-dealkylation sites (tertiary alicyclic amines) is 1. The van der Waals surface area contributed by atoms with Crippen molar-refractivity contribution in [2.75, 3.05) is 18.4 Å². The van der Waals surface area contributed by atoms with Gasteiger partial charge in [-0.3, -0.25) is 9.89 Å². The number of aromatic nitrogens is 4. The standard InChI is InChI=1S/C18H23F3N6O/c1-2-12-9-15(18(19,20)21)27-16(23-12)10-14(25-27)11-4-7-26(8-5-11)17(28)13-3-6-22-24-13/h3,6,10-12,15,23H,2,4-5,7-9H2,1H3,(H,22,24)/t12-,15-/m1/s1. The molecule has 2 atom stereocenters. The number of alkyl halides is 3. The van der Waals surface area contributed by atoms with E-state index in [9.17, 15) is 18.0 Å². The van der Waals surface area contributed by atoms with Gasteiger partial charge in [0.25, 0.3) is 5.91 Å². The lowest BCUT2D eigenvalue weighted by Gasteiger charge is -2.32. The molecule has 0 saturated carbocycles. The minimum absolute atomic E-state index is 0.00868.